The highest BCUT2D eigenvalue weighted by Crippen LogP contribution is 2.18. The summed E-state index contributed by atoms with van der Waals surface area (Å²) in [7, 11) is -3.60. The van der Waals surface area contributed by atoms with E-state index in [1.807, 2.05) is 6.07 Å². The average Bonchev–Trinajstić information content (AvgIpc) is 2.56. The van der Waals surface area contributed by atoms with Gasteiger partial charge in [0.2, 0.25) is 10.0 Å². The molecule has 2 rings (SSSR count). The zero-order valence-corrected chi connectivity index (χ0v) is 13.8. The first-order valence-corrected chi connectivity index (χ1v) is 9.36. The Morgan fingerprint density at radius 3 is 2.61 bits per heavy atom. The molecule has 0 saturated carbocycles. The van der Waals surface area contributed by atoms with Gasteiger partial charge in [-0.15, -0.1) is 11.8 Å². The predicted octanol–water partition coefficient (Wildman–Crippen LogP) is 3.16. The number of benzene rings is 2. The third-order valence-corrected chi connectivity index (χ3v) is 5.53. The molecular formula is C16H15FN2O2S2. The summed E-state index contributed by atoms with van der Waals surface area (Å²) in [6.07, 6.45) is 0.638. The summed E-state index contributed by atoms with van der Waals surface area (Å²) in [5.74, 6) is 0.438. The summed E-state index contributed by atoms with van der Waals surface area (Å²) >= 11 is 1.54. The molecule has 0 spiro atoms. The van der Waals surface area contributed by atoms with Gasteiger partial charge in [-0.3, -0.25) is 0 Å². The zero-order chi connectivity index (χ0) is 16.7. The Hall–Kier alpha value is -1.88. The fourth-order valence-electron chi connectivity index (χ4n) is 1.82. The summed E-state index contributed by atoms with van der Waals surface area (Å²) in [4.78, 5) is 1.03. The molecule has 0 fully saturated rings. The van der Waals surface area contributed by atoms with Crippen LogP contribution in [-0.2, 0) is 10.0 Å². The highest BCUT2D eigenvalue weighted by molar-refractivity contribution is 7.99. The Labute approximate surface area is 139 Å². The van der Waals surface area contributed by atoms with E-state index < -0.39 is 10.0 Å². The number of hydrogen-bond acceptors (Lipinski definition) is 4. The Kier molecular flexibility index (Phi) is 6.16. The maximum Gasteiger partial charge on any atom is 0.240 e. The lowest BCUT2D eigenvalue weighted by molar-refractivity contribution is 0.581. The van der Waals surface area contributed by atoms with E-state index in [1.54, 1.807) is 18.2 Å². The molecule has 0 aliphatic rings. The van der Waals surface area contributed by atoms with Gasteiger partial charge in [-0.1, -0.05) is 6.07 Å². The van der Waals surface area contributed by atoms with E-state index in [2.05, 4.69) is 4.72 Å². The first kappa shape index (κ1) is 17.5. The number of thioether (sulfide) groups is 1. The van der Waals surface area contributed by atoms with E-state index in [-0.39, 0.29) is 10.7 Å². The second kappa shape index (κ2) is 8.11. The van der Waals surface area contributed by atoms with Crippen molar-refractivity contribution in [3.63, 3.8) is 0 Å². The number of rotatable bonds is 7. The zero-order valence-electron chi connectivity index (χ0n) is 12.2. The van der Waals surface area contributed by atoms with Gasteiger partial charge < -0.3 is 0 Å². The second-order valence-electron chi connectivity index (χ2n) is 4.69. The minimum Gasteiger partial charge on any atom is -0.211 e. The molecule has 0 radical (unpaired) electrons. The Morgan fingerprint density at radius 2 is 1.91 bits per heavy atom. The topological polar surface area (TPSA) is 70.0 Å². The monoisotopic (exact) mass is 350 g/mol. The van der Waals surface area contributed by atoms with Crippen LogP contribution in [0.4, 0.5) is 4.39 Å². The van der Waals surface area contributed by atoms with Crippen molar-refractivity contribution in [2.24, 2.45) is 0 Å². The number of halogens is 1. The molecule has 0 aliphatic carbocycles. The van der Waals surface area contributed by atoms with Gasteiger partial charge in [0.25, 0.3) is 0 Å². The summed E-state index contributed by atoms with van der Waals surface area (Å²) in [6, 6.07) is 14.0. The smallest absolute Gasteiger partial charge is 0.211 e. The standard InChI is InChI=1S/C16H15FN2O2S2/c17-14-5-7-15(8-6-14)22-10-2-9-19-23(20,21)16-4-1-3-13(11-16)12-18/h1,3-8,11,19H,2,9-10H2. The number of nitriles is 1. The molecule has 0 atom stereocenters. The lowest BCUT2D eigenvalue weighted by atomic mass is 10.2. The van der Waals surface area contributed by atoms with Crippen molar-refractivity contribution in [3.05, 3.63) is 59.9 Å². The van der Waals surface area contributed by atoms with Crippen LogP contribution < -0.4 is 4.72 Å². The summed E-state index contributed by atoms with van der Waals surface area (Å²) in [6.45, 7) is 0.299. The van der Waals surface area contributed by atoms with Crippen LogP contribution in [0.2, 0.25) is 0 Å². The van der Waals surface area contributed by atoms with E-state index in [0.717, 1.165) is 4.90 Å². The Morgan fingerprint density at radius 1 is 1.17 bits per heavy atom. The number of sulfonamides is 1. The van der Waals surface area contributed by atoms with Crippen LogP contribution >= 0.6 is 11.8 Å². The van der Waals surface area contributed by atoms with E-state index in [9.17, 15) is 12.8 Å². The van der Waals surface area contributed by atoms with Gasteiger partial charge in [-0.25, -0.2) is 17.5 Å². The van der Waals surface area contributed by atoms with Crippen molar-refractivity contribution in [2.75, 3.05) is 12.3 Å². The quantitative estimate of drug-likeness (QED) is 0.615. The molecule has 120 valence electrons. The van der Waals surface area contributed by atoms with Crippen molar-refractivity contribution in [2.45, 2.75) is 16.2 Å². The summed E-state index contributed by atoms with van der Waals surface area (Å²) in [5, 5.41) is 8.81. The van der Waals surface area contributed by atoms with E-state index in [1.165, 1.54) is 42.1 Å². The second-order valence-corrected chi connectivity index (χ2v) is 7.63. The van der Waals surface area contributed by atoms with Gasteiger partial charge in [0.1, 0.15) is 5.82 Å². The normalized spacial score (nSPS) is 11.1. The van der Waals surface area contributed by atoms with Crippen LogP contribution in [-0.4, -0.2) is 20.7 Å². The molecule has 0 aliphatic heterocycles. The molecular weight excluding hydrogens is 335 g/mol. The van der Waals surface area contributed by atoms with Crippen LogP contribution in [0.3, 0.4) is 0 Å². The van der Waals surface area contributed by atoms with Crippen LogP contribution in [0, 0.1) is 17.1 Å². The number of hydrogen-bond donors (Lipinski definition) is 1. The largest absolute Gasteiger partial charge is 0.240 e. The SMILES string of the molecule is N#Cc1cccc(S(=O)(=O)NCCCSc2ccc(F)cc2)c1. The van der Waals surface area contributed by atoms with Gasteiger partial charge in [-0.05, 0) is 54.6 Å². The molecule has 0 saturated heterocycles. The molecule has 1 N–H and O–H groups in total. The Balaban J connectivity index is 1.81. The molecule has 0 unspecified atom stereocenters. The van der Waals surface area contributed by atoms with E-state index in [0.29, 0.717) is 24.3 Å². The fourth-order valence-corrected chi connectivity index (χ4v) is 3.79. The first-order chi connectivity index (χ1) is 11.0. The molecule has 0 amide bonds. The third kappa shape index (κ3) is 5.36. The van der Waals surface area contributed by atoms with Gasteiger partial charge in [0.05, 0.1) is 16.5 Å². The van der Waals surface area contributed by atoms with E-state index in [4.69, 9.17) is 5.26 Å². The molecule has 0 heterocycles. The lowest BCUT2D eigenvalue weighted by Crippen LogP contribution is -2.25. The highest BCUT2D eigenvalue weighted by atomic mass is 32.2. The first-order valence-electron chi connectivity index (χ1n) is 6.89. The predicted molar refractivity (Wildman–Crippen MR) is 88.1 cm³/mol. The van der Waals surface area contributed by atoms with Gasteiger partial charge in [-0.2, -0.15) is 5.26 Å². The van der Waals surface area contributed by atoms with Crippen LogP contribution in [0.1, 0.15) is 12.0 Å². The molecule has 0 aromatic heterocycles. The van der Waals surface area contributed by atoms with Crippen LogP contribution in [0.25, 0.3) is 0 Å². The van der Waals surface area contributed by atoms with Crippen LogP contribution in [0.15, 0.2) is 58.3 Å². The van der Waals surface area contributed by atoms with Gasteiger partial charge >= 0.3 is 0 Å². The Bertz CT molecular complexity index is 800. The van der Waals surface area contributed by atoms with Crippen molar-refractivity contribution >= 4 is 21.8 Å². The van der Waals surface area contributed by atoms with Crippen molar-refractivity contribution in [1.29, 1.82) is 5.26 Å². The minimum absolute atomic E-state index is 0.0859. The molecule has 4 nitrogen and oxygen atoms in total. The number of nitrogens with zero attached hydrogens (tertiary/aromatic N) is 1. The minimum atomic E-state index is -3.60. The fraction of sp³-hybridized carbons (Fsp3) is 0.188. The third-order valence-electron chi connectivity index (χ3n) is 2.97. The number of nitrogens with one attached hydrogen (secondary N) is 1. The van der Waals surface area contributed by atoms with Crippen molar-refractivity contribution in [1.82, 2.24) is 4.72 Å². The van der Waals surface area contributed by atoms with Gasteiger partial charge in [0, 0.05) is 11.4 Å². The molecule has 7 heteroatoms. The average molecular weight is 350 g/mol. The maximum atomic E-state index is 12.8. The molecule has 2 aromatic carbocycles. The van der Waals surface area contributed by atoms with Crippen molar-refractivity contribution < 1.29 is 12.8 Å². The van der Waals surface area contributed by atoms with Crippen molar-refractivity contribution in [3.8, 4) is 6.07 Å². The highest BCUT2D eigenvalue weighted by Gasteiger charge is 2.13. The summed E-state index contributed by atoms with van der Waals surface area (Å²) in [5.41, 5.74) is 0.305. The molecule has 23 heavy (non-hydrogen) atoms. The maximum absolute atomic E-state index is 12.8. The molecule has 2 aromatic rings. The lowest BCUT2D eigenvalue weighted by Gasteiger charge is -2.07. The summed E-state index contributed by atoms with van der Waals surface area (Å²) < 4.78 is 39.5. The molecule has 0 bridgehead atoms. The van der Waals surface area contributed by atoms with E-state index >= 15 is 0 Å². The van der Waals surface area contributed by atoms with Crippen LogP contribution in [0.5, 0.6) is 0 Å². The van der Waals surface area contributed by atoms with Gasteiger partial charge in [0.15, 0.2) is 0 Å².